The van der Waals surface area contributed by atoms with Gasteiger partial charge in [-0.3, -0.25) is 0 Å². The molecule has 4 rings (SSSR count). The molecule has 0 saturated carbocycles. The molecule has 0 heteroatoms. The normalized spacial score (nSPS) is 12.3. The van der Waals surface area contributed by atoms with E-state index in [2.05, 4.69) is 87.5 Å². The molecule has 0 aromatic heterocycles. The Balaban J connectivity index is 2.39. The first-order chi connectivity index (χ1) is 10.6. The highest BCUT2D eigenvalue weighted by molar-refractivity contribution is 6.26. The van der Waals surface area contributed by atoms with E-state index >= 15 is 0 Å². The third-order valence-corrected chi connectivity index (χ3v) is 4.58. The summed E-state index contributed by atoms with van der Waals surface area (Å²) in [6, 6.07) is 24.3. The van der Waals surface area contributed by atoms with E-state index in [0.29, 0.717) is 0 Å². The molecule has 0 aliphatic heterocycles. The van der Waals surface area contributed by atoms with Gasteiger partial charge in [0.15, 0.2) is 0 Å². The number of hydrogen-bond donors (Lipinski definition) is 0. The van der Waals surface area contributed by atoms with Crippen LogP contribution >= 0.6 is 0 Å². The van der Waals surface area contributed by atoms with Crippen LogP contribution in [-0.4, -0.2) is 0 Å². The van der Waals surface area contributed by atoms with E-state index < -0.39 is 0 Å². The monoisotopic (exact) mass is 284 g/mol. The van der Waals surface area contributed by atoms with Gasteiger partial charge in [-0.2, -0.15) is 0 Å². The van der Waals surface area contributed by atoms with E-state index in [0.717, 1.165) is 0 Å². The second-order valence-electron chi connectivity index (χ2n) is 7.07. The second kappa shape index (κ2) is 4.58. The first-order valence-electron chi connectivity index (χ1n) is 7.90. The lowest BCUT2D eigenvalue weighted by atomic mass is 9.81. The summed E-state index contributed by atoms with van der Waals surface area (Å²) >= 11 is 0. The van der Waals surface area contributed by atoms with E-state index in [4.69, 9.17) is 0 Å². The Bertz CT molecular complexity index is 956. The molecule has 0 spiro atoms. The molecule has 0 aliphatic rings. The highest BCUT2D eigenvalue weighted by Gasteiger charge is 2.19. The van der Waals surface area contributed by atoms with Crippen molar-refractivity contribution < 1.29 is 0 Å². The third-order valence-electron chi connectivity index (χ3n) is 4.58. The maximum Gasteiger partial charge on any atom is -0.00615 e. The number of fused-ring (bicyclic) bond motifs is 6. The first-order valence-corrected chi connectivity index (χ1v) is 7.90. The molecule has 0 nitrogen and oxygen atoms in total. The lowest BCUT2D eigenvalue weighted by molar-refractivity contribution is 0.596. The van der Waals surface area contributed by atoms with Crippen molar-refractivity contribution in [2.75, 3.05) is 0 Å². The molecular weight excluding hydrogens is 264 g/mol. The van der Waals surface area contributed by atoms with Crippen LogP contribution in [0.3, 0.4) is 0 Å². The van der Waals surface area contributed by atoms with Crippen molar-refractivity contribution in [2.24, 2.45) is 0 Å². The average molecular weight is 284 g/mol. The van der Waals surface area contributed by atoms with Crippen LogP contribution in [0.25, 0.3) is 32.3 Å². The summed E-state index contributed by atoms with van der Waals surface area (Å²) in [4.78, 5) is 0. The fourth-order valence-electron chi connectivity index (χ4n) is 3.58. The van der Waals surface area contributed by atoms with E-state index in [-0.39, 0.29) is 5.41 Å². The third kappa shape index (κ3) is 1.84. The van der Waals surface area contributed by atoms with Crippen LogP contribution in [0.5, 0.6) is 0 Å². The predicted molar refractivity (Wildman–Crippen MR) is 97.7 cm³/mol. The van der Waals surface area contributed by atoms with Gasteiger partial charge >= 0.3 is 0 Å². The van der Waals surface area contributed by atoms with E-state index in [9.17, 15) is 0 Å². The van der Waals surface area contributed by atoms with Crippen LogP contribution < -0.4 is 0 Å². The Morgan fingerprint density at radius 3 is 1.41 bits per heavy atom. The van der Waals surface area contributed by atoms with Gasteiger partial charge < -0.3 is 0 Å². The Morgan fingerprint density at radius 1 is 0.500 bits per heavy atom. The lowest BCUT2D eigenvalue weighted by Crippen LogP contribution is -2.11. The topological polar surface area (TPSA) is 0 Å². The molecule has 0 atom stereocenters. The van der Waals surface area contributed by atoms with Crippen molar-refractivity contribution in [3.8, 4) is 0 Å². The molecule has 4 aromatic rings. The Morgan fingerprint density at radius 2 is 0.909 bits per heavy atom. The standard InChI is InChI=1S/C22H20/c1-22(2,3)20-14-8-13-19-17-10-5-4-9-15(17)16-11-6-7-12-18(16)21(19)20/h4-14H,1-3H3. The quantitative estimate of drug-likeness (QED) is 0.326. The Labute approximate surface area is 131 Å². The largest absolute Gasteiger partial charge is 0.0616 e. The minimum Gasteiger partial charge on any atom is -0.0616 e. The van der Waals surface area contributed by atoms with Gasteiger partial charge in [0.1, 0.15) is 0 Å². The summed E-state index contributed by atoms with van der Waals surface area (Å²) in [5.41, 5.74) is 1.55. The number of rotatable bonds is 0. The summed E-state index contributed by atoms with van der Waals surface area (Å²) in [7, 11) is 0. The van der Waals surface area contributed by atoms with Gasteiger partial charge in [0.2, 0.25) is 0 Å². The summed E-state index contributed by atoms with van der Waals surface area (Å²) < 4.78 is 0. The van der Waals surface area contributed by atoms with Crippen LogP contribution in [-0.2, 0) is 5.41 Å². The van der Waals surface area contributed by atoms with Crippen molar-refractivity contribution in [1.82, 2.24) is 0 Å². The van der Waals surface area contributed by atoms with Gasteiger partial charge in [-0.25, -0.2) is 0 Å². The van der Waals surface area contributed by atoms with Crippen molar-refractivity contribution >= 4 is 32.3 Å². The molecule has 22 heavy (non-hydrogen) atoms. The molecular formula is C22H20. The van der Waals surface area contributed by atoms with Gasteiger partial charge in [-0.1, -0.05) is 87.5 Å². The number of benzene rings is 4. The molecule has 108 valence electrons. The van der Waals surface area contributed by atoms with E-state index in [1.165, 1.54) is 37.9 Å². The molecule has 0 unspecified atom stereocenters. The molecule has 0 amide bonds. The fourth-order valence-corrected chi connectivity index (χ4v) is 3.58. The second-order valence-corrected chi connectivity index (χ2v) is 7.07. The van der Waals surface area contributed by atoms with Crippen molar-refractivity contribution in [2.45, 2.75) is 26.2 Å². The zero-order valence-electron chi connectivity index (χ0n) is 13.4. The Kier molecular flexibility index (Phi) is 2.77. The zero-order valence-corrected chi connectivity index (χ0v) is 13.4. The molecule has 0 bridgehead atoms. The van der Waals surface area contributed by atoms with Gasteiger partial charge in [0.25, 0.3) is 0 Å². The summed E-state index contributed by atoms with van der Waals surface area (Å²) in [6.45, 7) is 6.89. The van der Waals surface area contributed by atoms with Gasteiger partial charge in [-0.05, 0) is 43.3 Å². The SMILES string of the molecule is CC(C)(C)c1cccc2c3ccccc3c3ccccc3c12. The number of hydrogen-bond acceptors (Lipinski definition) is 0. The average Bonchev–Trinajstić information content (AvgIpc) is 2.54. The highest BCUT2D eigenvalue weighted by atomic mass is 14.2. The highest BCUT2D eigenvalue weighted by Crippen LogP contribution is 2.39. The van der Waals surface area contributed by atoms with Crippen molar-refractivity contribution in [3.63, 3.8) is 0 Å². The summed E-state index contributed by atoms with van der Waals surface area (Å²) in [5.74, 6) is 0. The summed E-state index contributed by atoms with van der Waals surface area (Å²) in [5, 5.41) is 8.18. The maximum absolute atomic E-state index is 2.30. The molecule has 0 saturated heterocycles. The minimum absolute atomic E-state index is 0.130. The van der Waals surface area contributed by atoms with Gasteiger partial charge in [0.05, 0.1) is 0 Å². The van der Waals surface area contributed by atoms with Crippen LogP contribution in [0.4, 0.5) is 0 Å². The Hall–Kier alpha value is -2.34. The predicted octanol–water partition coefficient (Wildman–Crippen LogP) is 6.44. The van der Waals surface area contributed by atoms with Crippen LogP contribution in [0, 0.1) is 0 Å². The van der Waals surface area contributed by atoms with Crippen LogP contribution in [0.15, 0.2) is 66.7 Å². The molecule has 0 aliphatic carbocycles. The molecule has 0 heterocycles. The van der Waals surface area contributed by atoms with E-state index in [1.54, 1.807) is 0 Å². The first kappa shape index (κ1) is 13.3. The van der Waals surface area contributed by atoms with Crippen LogP contribution in [0.2, 0.25) is 0 Å². The van der Waals surface area contributed by atoms with Crippen molar-refractivity contribution in [3.05, 3.63) is 72.3 Å². The minimum atomic E-state index is 0.130. The zero-order chi connectivity index (χ0) is 15.3. The smallest absolute Gasteiger partial charge is 0.00615 e. The molecule has 0 N–H and O–H groups in total. The van der Waals surface area contributed by atoms with Gasteiger partial charge in [0, 0.05) is 0 Å². The molecule has 0 fully saturated rings. The van der Waals surface area contributed by atoms with Gasteiger partial charge in [-0.15, -0.1) is 0 Å². The fraction of sp³-hybridized carbons (Fsp3) is 0.182. The lowest BCUT2D eigenvalue weighted by Gasteiger charge is -2.23. The summed E-state index contributed by atoms with van der Waals surface area (Å²) in [6.07, 6.45) is 0. The van der Waals surface area contributed by atoms with Crippen LogP contribution in [0.1, 0.15) is 26.3 Å². The molecule has 0 radical (unpaired) electrons. The maximum atomic E-state index is 2.30. The van der Waals surface area contributed by atoms with Crippen molar-refractivity contribution in [1.29, 1.82) is 0 Å². The molecule has 4 aromatic carbocycles. The van der Waals surface area contributed by atoms with E-state index in [1.807, 2.05) is 0 Å².